The topological polar surface area (TPSA) is 59.4 Å². The van der Waals surface area contributed by atoms with Crippen LogP contribution in [0.15, 0.2) is 18.5 Å². The molecule has 1 aliphatic rings. The Morgan fingerprint density at radius 3 is 2.47 bits per heavy atom. The van der Waals surface area contributed by atoms with E-state index in [2.05, 4.69) is 0 Å². The van der Waals surface area contributed by atoms with Gasteiger partial charge in [0.15, 0.2) is 5.78 Å². The van der Waals surface area contributed by atoms with Crippen molar-refractivity contribution in [2.24, 2.45) is 7.05 Å². The first-order valence-electron chi connectivity index (χ1n) is 6.51. The highest BCUT2D eigenvalue weighted by Gasteiger charge is 2.21. The molecule has 0 N–H and O–H groups in total. The Morgan fingerprint density at radius 2 is 1.89 bits per heavy atom. The molecule has 1 fully saturated rings. The molecule has 5 nitrogen and oxygen atoms in total. The first-order chi connectivity index (χ1) is 9.06. The predicted octanol–water partition coefficient (Wildman–Crippen LogP) is 1.18. The molecule has 0 aromatic carbocycles. The molecule has 2 rings (SSSR count). The molecule has 0 aliphatic carbocycles. The Labute approximate surface area is 112 Å². The summed E-state index contributed by atoms with van der Waals surface area (Å²) in [6.45, 7) is 0.994. The summed E-state index contributed by atoms with van der Waals surface area (Å²) in [7, 11) is 1.85. The van der Waals surface area contributed by atoms with Gasteiger partial charge in [0, 0.05) is 63.8 Å². The molecule has 0 saturated carbocycles. The van der Waals surface area contributed by atoms with E-state index in [0.29, 0.717) is 31.5 Å². The van der Waals surface area contributed by atoms with Gasteiger partial charge in [-0.3, -0.25) is 14.4 Å². The fourth-order valence-corrected chi connectivity index (χ4v) is 2.20. The van der Waals surface area contributed by atoms with E-state index in [9.17, 15) is 14.4 Å². The Bertz CT molecular complexity index is 495. The average molecular weight is 262 g/mol. The van der Waals surface area contributed by atoms with Crippen LogP contribution in [0.4, 0.5) is 0 Å². The van der Waals surface area contributed by atoms with Crippen LogP contribution in [0.5, 0.6) is 0 Å². The number of amides is 1. The summed E-state index contributed by atoms with van der Waals surface area (Å²) in [6, 6.07) is 1.76. The zero-order valence-corrected chi connectivity index (χ0v) is 11.1. The summed E-state index contributed by atoms with van der Waals surface area (Å²) in [6.07, 6.45) is 4.91. The second-order valence-electron chi connectivity index (χ2n) is 4.91. The second-order valence-corrected chi connectivity index (χ2v) is 4.91. The highest BCUT2D eigenvalue weighted by molar-refractivity contribution is 5.98. The largest absolute Gasteiger partial charge is 0.357 e. The number of aromatic nitrogens is 1. The lowest BCUT2D eigenvalue weighted by atomic mass is 10.1. The highest BCUT2D eigenvalue weighted by Crippen LogP contribution is 2.11. The van der Waals surface area contributed by atoms with Crippen molar-refractivity contribution in [1.29, 1.82) is 0 Å². The summed E-state index contributed by atoms with van der Waals surface area (Å²) < 4.78 is 1.81. The molecule has 1 amide bonds. The fraction of sp³-hybridized carbons (Fsp3) is 0.500. The molecule has 1 aromatic heterocycles. The number of Topliss-reactive ketones (excluding diaryl/α,β-unsaturated/α-hetero) is 2. The summed E-state index contributed by atoms with van der Waals surface area (Å²) in [5.74, 6) is 0.170. The molecule has 1 saturated heterocycles. The van der Waals surface area contributed by atoms with Crippen LogP contribution >= 0.6 is 0 Å². The Balaban J connectivity index is 1.80. The Morgan fingerprint density at radius 1 is 1.21 bits per heavy atom. The first kappa shape index (κ1) is 13.5. The van der Waals surface area contributed by atoms with Gasteiger partial charge in [0.05, 0.1) is 0 Å². The molecule has 102 valence electrons. The van der Waals surface area contributed by atoms with Crippen LogP contribution < -0.4 is 0 Å². The molecule has 1 aromatic rings. The third kappa shape index (κ3) is 3.53. The minimum Gasteiger partial charge on any atom is -0.357 e. The van der Waals surface area contributed by atoms with Crippen LogP contribution in [0.3, 0.4) is 0 Å². The van der Waals surface area contributed by atoms with Gasteiger partial charge in [0.2, 0.25) is 5.91 Å². The van der Waals surface area contributed by atoms with Gasteiger partial charge in [-0.2, -0.15) is 0 Å². The number of ketones is 2. The molecule has 19 heavy (non-hydrogen) atoms. The van der Waals surface area contributed by atoms with Crippen molar-refractivity contribution in [3.63, 3.8) is 0 Å². The normalized spacial score (nSPS) is 15.6. The van der Waals surface area contributed by atoms with Crippen molar-refractivity contribution in [2.45, 2.75) is 25.7 Å². The van der Waals surface area contributed by atoms with E-state index in [-0.39, 0.29) is 30.3 Å². The minimum atomic E-state index is -0.0308. The molecular formula is C14H18N2O3. The van der Waals surface area contributed by atoms with Gasteiger partial charge in [-0.05, 0) is 6.07 Å². The number of carbonyl (C=O) groups is 3. The van der Waals surface area contributed by atoms with Crippen LogP contribution in [-0.2, 0) is 16.6 Å². The van der Waals surface area contributed by atoms with Gasteiger partial charge in [0.1, 0.15) is 5.78 Å². The maximum Gasteiger partial charge on any atom is 0.223 e. The minimum absolute atomic E-state index is 0.0120. The predicted molar refractivity (Wildman–Crippen MR) is 69.8 cm³/mol. The zero-order chi connectivity index (χ0) is 13.8. The third-order valence-corrected chi connectivity index (χ3v) is 3.39. The van der Waals surface area contributed by atoms with Crippen LogP contribution in [-0.4, -0.2) is 40.0 Å². The quantitative estimate of drug-likeness (QED) is 0.765. The number of rotatable bonds is 4. The molecule has 1 aliphatic heterocycles. The molecule has 5 heteroatoms. The van der Waals surface area contributed by atoms with Crippen LogP contribution in [0.2, 0.25) is 0 Å². The molecule has 0 spiro atoms. The van der Waals surface area contributed by atoms with Gasteiger partial charge < -0.3 is 9.47 Å². The Kier molecular flexibility index (Phi) is 4.14. The highest BCUT2D eigenvalue weighted by atomic mass is 16.2. The smallest absolute Gasteiger partial charge is 0.223 e. The summed E-state index contributed by atoms with van der Waals surface area (Å²) in [5, 5.41) is 0. The van der Waals surface area contributed by atoms with Crippen LogP contribution in [0.25, 0.3) is 0 Å². The number of hydrogen-bond acceptors (Lipinski definition) is 3. The van der Waals surface area contributed by atoms with Crippen molar-refractivity contribution >= 4 is 17.5 Å². The van der Waals surface area contributed by atoms with Crippen molar-refractivity contribution in [3.8, 4) is 0 Å². The molecular weight excluding hydrogens is 244 g/mol. The van der Waals surface area contributed by atoms with Crippen LogP contribution in [0, 0.1) is 0 Å². The van der Waals surface area contributed by atoms with Gasteiger partial charge in [0.25, 0.3) is 0 Å². The maximum absolute atomic E-state index is 11.9. The van der Waals surface area contributed by atoms with E-state index in [4.69, 9.17) is 0 Å². The lowest BCUT2D eigenvalue weighted by Gasteiger charge is -2.25. The van der Waals surface area contributed by atoms with Crippen molar-refractivity contribution in [2.75, 3.05) is 13.1 Å². The fourth-order valence-electron chi connectivity index (χ4n) is 2.20. The number of likely N-dealkylation sites (tertiary alicyclic amines) is 1. The van der Waals surface area contributed by atoms with E-state index in [1.165, 1.54) is 0 Å². The van der Waals surface area contributed by atoms with E-state index in [0.717, 1.165) is 0 Å². The van der Waals surface area contributed by atoms with E-state index in [1.807, 2.05) is 17.8 Å². The molecule has 0 bridgehead atoms. The van der Waals surface area contributed by atoms with Crippen molar-refractivity contribution < 1.29 is 14.4 Å². The monoisotopic (exact) mass is 262 g/mol. The van der Waals surface area contributed by atoms with Crippen molar-refractivity contribution in [3.05, 3.63) is 24.0 Å². The SMILES string of the molecule is Cn1ccc(C(=O)CCC(=O)N2CCC(=O)CC2)c1. The molecule has 0 radical (unpaired) electrons. The molecule has 0 unspecified atom stereocenters. The first-order valence-corrected chi connectivity index (χ1v) is 6.51. The summed E-state index contributed by atoms with van der Waals surface area (Å²) in [5.41, 5.74) is 0.643. The maximum atomic E-state index is 11.9. The standard InChI is InChI=1S/C14H18N2O3/c1-15-7-4-11(10-15)13(18)2-3-14(19)16-8-5-12(17)6-9-16/h4,7,10H,2-3,5-6,8-9H2,1H3. The van der Waals surface area contributed by atoms with Crippen LogP contribution in [0.1, 0.15) is 36.0 Å². The second kappa shape index (κ2) is 5.82. The van der Waals surface area contributed by atoms with E-state index < -0.39 is 0 Å². The number of carbonyl (C=O) groups excluding carboxylic acids is 3. The molecule has 0 atom stereocenters. The molecule has 2 heterocycles. The van der Waals surface area contributed by atoms with Crippen molar-refractivity contribution in [1.82, 2.24) is 9.47 Å². The average Bonchev–Trinajstić information content (AvgIpc) is 2.83. The van der Waals surface area contributed by atoms with E-state index in [1.54, 1.807) is 17.2 Å². The number of piperidine rings is 1. The van der Waals surface area contributed by atoms with E-state index >= 15 is 0 Å². The third-order valence-electron chi connectivity index (χ3n) is 3.39. The lowest BCUT2D eigenvalue weighted by Crippen LogP contribution is -2.38. The number of aryl methyl sites for hydroxylation is 1. The van der Waals surface area contributed by atoms with Gasteiger partial charge in [-0.15, -0.1) is 0 Å². The van der Waals surface area contributed by atoms with Gasteiger partial charge in [-0.1, -0.05) is 0 Å². The van der Waals surface area contributed by atoms with Gasteiger partial charge >= 0.3 is 0 Å². The van der Waals surface area contributed by atoms with Gasteiger partial charge in [-0.25, -0.2) is 0 Å². The zero-order valence-electron chi connectivity index (χ0n) is 11.1. The lowest BCUT2D eigenvalue weighted by molar-refractivity contribution is -0.134. The Hall–Kier alpha value is -1.91. The number of nitrogens with zero attached hydrogens (tertiary/aromatic N) is 2. The summed E-state index contributed by atoms with van der Waals surface area (Å²) in [4.78, 5) is 36.5. The number of hydrogen-bond donors (Lipinski definition) is 0. The summed E-state index contributed by atoms with van der Waals surface area (Å²) >= 11 is 0.